The van der Waals surface area contributed by atoms with Crippen LogP contribution >= 0.6 is 0 Å². The Kier molecular flexibility index (Phi) is 2.52. The van der Waals surface area contributed by atoms with Gasteiger partial charge in [-0.2, -0.15) is 5.10 Å². The van der Waals surface area contributed by atoms with E-state index in [9.17, 15) is 9.59 Å². The molecule has 1 atom stereocenters. The third kappa shape index (κ3) is 1.67. The molecule has 0 aromatic carbocycles. The molecule has 1 saturated carbocycles. The molecule has 1 saturated heterocycles. The zero-order valence-corrected chi connectivity index (χ0v) is 12.4. The van der Waals surface area contributed by atoms with Crippen molar-refractivity contribution in [2.75, 3.05) is 0 Å². The number of nitrogens with zero attached hydrogens (tertiary/aromatic N) is 3. The summed E-state index contributed by atoms with van der Waals surface area (Å²) >= 11 is 0. The van der Waals surface area contributed by atoms with Gasteiger partial charge in [0.15, 0.2) is 0 Å². The molecule has 1 aromatic rings. The molecule has 0 bridgehead atoms. The predicted octanol–water partition coefficient (Wildman–Crippen LogP) is 1.34. The molecule has 1 aliphatic carbocycles. The molecule has 2 aliphatic rings. The Morgan fingerprint density at radius 1 is 1.35 bits per heavy atom. The van der Waals surface area contributed by atoms with Crippen LogP contribution in [-0.2, 0) is 18.4 Å². The summed E-state index contributed by atoms with van der Waals surface area (Å²) in [6, 6.07) is 1.60. The molecule has 6 nitrogen and oxygen atoms in total. The summed E-state index contributed by atoms with van der Waals surface area (Å²) in [6.45, 7) is 6.07. The van der Waals surface area contributed by atoms with Crippen molar-refractivity contribution in [3.05, 3.63) is 17.5 Å². The number of nitrogens with one attached hydrogen (secondary N) is 1. The van der Waals surface area contributed by atoms with Gasteiger partial charge in [0.2, 0.25) is 0 Å². The minimum absolute atomic E-state index is 0.100. The van der Waals surface area contributed by atoms with E-state index in [1.165, 1.54) is 4.90 Å². The zero-order valence-electron chi connectivity index (χ0n) is 12.4. The van der Waals surface area contributed by atoms with E-state index in [1.54, 1.807) is 4.68 Å². The number of hydrogen-bond acceptors (Lipinski definition) is 3. The van der Waals surface area contributed by atoms with E-state index in [0.717, 1.165) is 24.2 Å². The lowest BCUT2D eigenvalue weighted by Crippen LogP contribution is -2.50. The van der Waals surface area contributed by atoms with Crippen LogP contribution in [0.1, 0.15) is 38.1 Å². The summed E-state index contributed by atoms with van der Waals surface area (Å²) < 4.78 is 1.71. The van der Waals surface area contributed by atoms with Crippen LogP contribution in [0.3, 0.4) is 0 Å². The van der Waals surface area contributed by atoms with Crippen LogP contribution in [0, 0.1) is 12.3 Å². The maximum Gasteiger partial charge on any atom is 0.325 e. The van der Waals surface area contributed by atoms with Crippen molar-refractivity contribution in [3.63, 3.8) is 0 Å². The standard InChI is InChI=1S/C14H20N4O2/c1-9-7-10(17(4)16-9)8-18-11(19)14(3,15-12(18)20)13(2)5-6-13/h7H,5-6,8H2,1-4H3,(H,15,20). The molecule has 0 spiro atoms. The number of carbonyl (C=O) groups is 2. The third-order valence-electron chi connectivity index (χ3n) is 4.90. The van der Waals surface area contributed by atoms with Crippen LogP contribution in [0.25, 0.3) is 0 Å². The van der Waals surface area contributed by atoms with Gasteiger partial charge in [0.05, 0.1) is 17.9 Å². The number of imide groups is 1. The van der Waals surface area contributed by atoms with Crippen molar-refractivity contribution < 1.29 is 9.59 Å². The number of aromatic nitrogens is 2. The molecule has 3 rings (SSSR count). The van der Waals surface area contributed by atoms with Gasteiger partial charge in [0.25, 0.3) is 5.91 Å². The van der Waals surface area contributed by atoms with Gasteiger partial charge in [0, 0.05) is 7.05 Å². The molecule has 20 heavy (non-hydrogen) atoms. The number of carbonyl (C=O) groups excluding carboxylic acids is 2. The highest BCUT2D eigenvalue weighted by Gasteiger charge is 2.63. The lowest BCUT2D eigenvalue weighted by molar-refractivity contribution is -0.133. The highest BCUT2D eigenvalue weighted by Crippen LogP contribution is 2.55. The van der Waals surface area contributed by atoms with Crippen molar-refractivity contribution >= 4 is 11.9 Å². The maximum atomic E-state index is 12.7. The lowest BCUT2D eigenvalue weighted by atomic mass is 9.84. The number of hydrogen-bond donors (Lipinski definition) is 1. The number of urea groups is 1. The zero-order chi connectivity index (χ0) is 14.7. The van der Waals surface area contributed by atoms with Gasteiger partial charge in [-0.3, -0.25) is 14.4 Å². The molecule has 1 N–H and O–H groups in total. The molecule has 6 heteroatoms. The fraction of sp³-hybridized carbons (Fsp3) is 0.643. The van der Waals surface area contributed by atoms with Gasteiger partial charge in [-0.1, -0.05) is 6.92 Å². The second-order valence-electron chi connectivity index (χ2n) is 6.41. The molecule has 2 heterocycles. The Balaban J connectivity index is 1.86. The maximum absolute atomic E-state index is 12.7. The third-order valence-corrected chi connectivity index (χ3v) is 4.90. The Bertz CT molecular complexity index is 602. The van der Waals surface area contributed by atoms with Crippen molar-refractivity contribution in [2.24, 2.45) is 12.5 Å². The van der Waals surface area contributed by atoms with Crippen LogP contribution in [0.15, 0.2) is 6.07 Å². The first-order chi connectivity index (χ1) is 9.27. The fourth-order valence-electron chi connectivity index (χ4n) is 2.91. The van der Waals surface area contributed by atoms with E-state index in [-0.39, 0.29) is 23.9 Å². The second kappa shape index (κ2) is 3.84. The van der Waals surface area contributed by atoms with E-state index in [2.05, 4.69) is 17.3 Å². The van der Waals surface area contributed by atoms with Gasteiger partial charge in [-0.05, 0) is 38.2 Å². The largest absolute Gasteiger partial charge is 0.325 e. The van der Waals surface area contributed by atoms with E-state index in [0.29, 0.717) is 0 Å². The molecular weight excluding hydrogens is 256 g/mol. The Morgan fingerprint density at radius 2 is 2.00 bits per heavy atom. The van der Waals surface area contributed by atoms with Crippen molar-refractivity contribution in [1.82, 2.24) is 20.0 Å². The van der Waals surface area contributed by atoms with Crippen LogP contribution in [0.4, 0.5) is 4.79 Å². The van der Waals surface area contributed by atoms with Crippen LogP contribution in [-0.4, -0.2) is 32.2 Å². The Hall–Kier alpha value is -1.85. The normalized spacial score (nSPS) is 27.9. The monoisotopic (exact) mass is 276 g/mol. The summed E-state index contributed by atoms with van der Waals surface area (Å²) in [5.41, 5.74) is 0.872. The molecule has 1 aromatic heterocycles. The molecule has 1 unspecified atom stereocenters. The van der Waals surface area contributed by atoms with Crippen LogP contribution < -0.4 is 5.32 Å². The highest BCUT2D eigenvalue weighted by atomic mass is 16.2. The van der Waals surface area contributed by atoms with Crippen molar-refractivity contribution in [2.45, 2.75) is 45.7 Å². The van der Waals surface area contributed by atoms with Gasteiger partial charge >= 0.3 is 6.03 Å². The quantitative estimate of drug-likeness (QED) is 0.847. The minimum Gasteiger partial charge on any atom is -0.323 e. The van der Waals surface area contributed by atoms with E-state index >= 15 is 0 Å². The number of amides is 3. The number of aryl methyl sites for hydroxylation is 2. The number of rotatable bonds is 3. The van der Waals surface area contributed by atoms with Gasteiger partial charge in [0.1, 0.15) is 5.54 Å². The van der Waals surface area contributed by atoms with E-state index in [4.69, 9.17) is 0 Å². The molecule has 1 aliphatic heterocycles. The SMILES string of the molecule is Cc1cc(CN2C(=O)NC(C)(C3(C)CC3)C2=O)n(C)n1. The van der Waals surface area contributed by atoms with Gasteiger partial charge in [-0.15, -0.1) is 0 Å². The summed E-state index contributed by atoms with van der Waals surface area (Å²) in [5, 5.41) is 7.13. The van der Waals surface area contributed by atoms with Crippen LogP contribution in [0.5, 0.6) is 0 Å². The topological polar surface area (TPSA) is 67.2 Å². The Morgan fingerprint density at radius 3 is 2.50 bits per heavy atom. The second-order valence-corrected chi connectivity index (χ2v) is 6.41. The van der Waals surface area contributed by atoms with E-state index < -0.39 is 5.54 Å². The molecule has 3 amide bonds. The first-order valence-corrected chi connectivity index (χ1v) is 6.90. The minimum atomic E-state index is -0.766. The predicted molar refractivity (Wildman–Crippen MR) is 72.8 cm³/mol. The summed E-state index contributed by atoms with van der Waals surface area (Å²) in [7, 11) is 1.82. The average Bonchev–Trinajstić information content (AvgIpc) is 2.98. The van der Waals surface area contributed by atoms with Gasteiger partial charge < -0.3 is 5.32 Å². The first-order valence-electron chi connectivity index (χ1n) is 6.90. The summed E-state index contributed by atoms with van der Waals surface area (Å²) in [5.74, 6) is -0.124. The van der Waals surface area contributed by atoms with Crippen molar-refractivity contribution in [1.29, 1.82) is 0 Å². The smallest absolute Gasteiger partial charge is 0.323 e. The summed E-state index contributed by atoms with van der Waals surface area (Å²) in [6.07, 6.45) is 1.96. The van der Waals surface area contributed by atoms with Crippen LogP contribution in [0.2, 0.25) is 0 Å². The first kappa shape index (κ1) is 13.1. The van der Waals surface area contributed by atoms with E-state index in [1.807, 2.05) is 27.0 Å². The van der Waals surface area contributed by atoms with Gasteiger partial charge in [-0.25, -0.2) is 4.79 Å². The van der Waals surface area contributed by atoms with Crippen molar-refractivity contribution in [3.8, 4) is 0 Å². The average molecular weight is 276 g/mol. The lowest BCUT2D eigenvalue weighted by Gasteiger charge is -2.28. The highest BCUT2D eigenvalue weighted by molar-refractivity contribution is 6.07. The molecule has 2 fully saturated rings. The molecule has 0 radical (unpaired) electrons. The molecule has 108 valence electrons. The Labute approximate surface area is 118 Å². The molecular formula is C14H20N4O2. The fourth-order valence-corrected chi connectivity index (χ4v) is 2.91. The summed E-state index contributed by atoms with van der Waals surface area (Å²) in [4.78, 5) is 26.1.